The van der Waals surface area contributed by atoms with E-state index in [9.17, 15) is 19.4 Å². The first-order chi connectivity index (χ1) is 30.3. The number of nitrogens with zero attached hydrogens (tertiary/aromatic N) is 2. The number of hydrogen-bond acceptors (Lipinski definition) is 9. The van der Waals surface area contributed by atoms with Crippen molar-refractivity contribution in [1.82, 2.24) is 4.90 Å². The van der Waals surface area contributed by atoms with Crippen LogP contribution in [0.5, 0.6) is 17.2 Å². The maximum Gasteiger partial charge on any atom is 0.410 e. The van der Waals surface area contributed by atoms with Gasteiger partial charge in [-0.2, -0.15) is 0 Å². The molecule has 0 unspecified atom stereocenters. The van der Waals surface area contributed by atoms with Gasteiger partial charge in [0.05, 0.1) is 24.8 Å². The van der Waals surface area contributed by atoms with Gasteiger partial charge in [-0.05, 0) is 116 Å². The molecule has 0 spiro atoms. The van der Waals surface area contributed by atoms with Crippen molar-refractivity contribution in [2.75, 3.05) is 33.0 Å². The highest BCUT2D eigenvalue weighted by atomic mass is 19.1. The topological polar surface area (TPSA) is 119 Å². The number of allylic oxidation sites excluding steroid dienone is 1. The largest absolute Gasteiger partial charge is 0.459 e. The Morgan fingerprint density at radius 2 is 1.61 bits per heavy atom. The van der Waals surface area contributed by atoms with Gasteiger partial charge in [0.2, 0.25) is 5.79 Å². The lowest BCUT2D eigenvalue weighted by Gasteiger charge is -2.59. The molecule has 1 heterocycles. The normalized spacial score (nSPS) is 23.0. The third kappa shape index (κ3) is 9.75. The molecular weight excluding hydrogens is 788 g/mol. The number of carbonyl (C=O) groups excluding carboxylic acids is 1. The van der Waals surface area contributed by atoms with E-state index in [4.69, 9.17) is 28.9 Å². The number of amides is 1. The molecule has 0 aromatic heterocycles. The Labute approximate surface area is 364 Å². The smallest absolute Gasteiger partial charge is 0.410 e. The zero-order valence-electron chi connectivity index (χ0n) is 35.8. The Hall–Kier alpha value is -5.49. The van der Waals surface area contributed by atoms with Crippen LogP contribution in [0.4, 0.5) is 9.18 Å². The van der Waals surface area contributed by atoms with Crippen LogP contribution in [-0.4, -0.2) is 71.8 Å². The second kappa shape index (κ2) is 21.1. The van der Waals surface area contributed by atoms with E-state index in [1.165, 1.54) is 12.1 Å². The molecule has 2 aliphatic carbocycles. The number of oxime groups is 1. The summed E-state index contributed by atoms with van der Waals surface area (Å²) >= 11 is 0. The van der Waals surface area contributed by atoms with E-state index in [0.717, 1.165) is 47.9 Å². The summed E-state index contributed by atoms with van der Waals surface area (Å²) in [5.74, 6) is -0.580. The minimum Gasteiger partial charge on any atom is -0.459 e. The highest BCUT2D eigenvalue weighted by Crippen LogP contribution is 2.62. The SMILES string of the molecule is C=CCO[C@@]12Oc3ccc(Oc4ccc(-c5ccccc5)cc4)cc3[C@H]3[C@H](CCCCO)[C@@H](CCCCO)C=C(C(=NOCC)C[C@@H]1N(Cc1ccc(F)cc1)C(=O)OCC)[C@H]32. The van der Waals surface area contributed by atoms with Crippen LogP contribution in [0.15, 0.2) is 127 Å². The van der Waals surface area contributed by atoms with Crippen molar-refractivity contribution in [2.45, 2.75) is 83.1 Å². The van der Waals surface area contributed by atoms with Crippen molar-refractivity contribution in [3.63, 3.8) is 0 Å². The van der Waals surface area contributed by atoms with Crippen molar-refractivity contribution >= 4 is 11.8 Å². The number of halogens is 1. The van der Waals surface area contributed by atoms with Gasteiger partial charge in [-0.3, -0.25) is 4.90 Å². The molecule has 6 atom stereocenters. The molecule has 0 bridgehead atoms. The van der Waals surface area contributed by atoms with E-state index in [2.05, 4.69) is 30.9 Å². The summed E-state index contributed by atoms with van der Waals surface area (Å²) < 4.78 is 40.9. The number of benzene rings is 4. The Kier molecular flexibility index (Phi) is 15.1. The van der Waals surface area contributed by atoms with Gasteiger partial charge in [0.25, 0.3) is 0 Å². The second-order valence-corrected chi connectivity index (χ2v) is 16.1. The summed E-state index contributed by atoms with van der Waals surface area (Å²) in [6.07, 6.45) is 8.15. The van der Waals surface area contributed by atoms with Crippen LogP contribution in [0, 0.1) is 23.6 Å². The summed E-state index contributed by atoms with van der Waals surface area (Å²) in [7, 11) is 0. The number of hydrogen-bond donors (Lipinski definition) is 2. The number of carbonyl (C=O) groups is 1. The van der Waals surface area contributed by atoms with Crippen molar-refractivity contribution in [1.29, 1.82) is 0 Å². The molecule has 1 fully saturated rings. The van der Waals surface area contributed by atoms with Gasteiger partial charge in [-0.1, -0.05) is 84.7 Å². The average molecular weight is 847 g/mol. The van der Waals surface area contributed by atoms with Gasteiger partial charge >= 0.3 is 6.09 Å². The molecule has 0 radical (unpaired) electrons. The number of fused-ring (bicyclic) bond motifs is 2. The molecule has 7 rings (SSSR count). The van der Waals surface area contributed by atoms with Gasteiger partial charge < -0.3 is 34.0 Å². The highest BCUT2D eigenvalue weighted by molar-refractivity contribution is 6.03. The third-order valence-corrected chi connectivity index (χ3v) is 12.3. The number of rotatable bonds is 20. The molecule has 2 N–H and O–H groups in total. The van der Waals surface area contributed by atoms with E-state index in [1.807, 2.05) is 61.5 Å². The lowest BCUT2D eigenvalue weighted by atomic mass is 9.55. The van der Waals surface area contributed by atoms with Gasteiger partial charge in [-0.15, -0.1) is 6.58 Å². The monoisotopic (exact) mass is 846 g/mol. The predicted octanol–water partition coefficient (Wildman–Crippen LogP) is 10.6. The van der Waals surface area contributed by atoms with E-state index >= 15 is 0 Å². The van der Waals surface area contributed by atoms with Crippen molar-refractivity contribution < 1.29 is 43.2 Å². The zero-order valence-corrected chi connectivity index (χ0v) is 35.8. The molecule has 4 aromatic rings. The van der Waals surface area contributed by atoms with Crippen LogP contribution in [0.1, 0.15) is 75.8 Å². The molecule has 0 saturated heterocycles. The van der Waals surface area contributed by atoms with Crippen molar-refractivity contribution in [3.8, 4) is 28.4 Å². The Bertz CT molecular complexity index is 2160. The first-order valence-corrected chi connectivity index (χ1v) is 22.1. The minimum absolute atomic E-state index is 0.0315. The Morgan fingerprint density at radius 1 is 0.903 bits per heavy atom. The number of aliphatic hydroxyl groups is 2. The number of aliphatic hydroxyl groups excluding tert-OH is 2. The summed E-state index contributed by atoms with van der Waals surface area (Å²) in [6.45, 7) is 8.50. The van der Waals surface area contributed by atoms with E-state index in [0.29, 0.717) is 48.0 Å². The summed E-state index contributed by atoms with van der Waals surface area (Å²) in [5, 5.41) is 24.6. The summed E-state index contributed by atoms with van der Waals surface area (Å²) in [6, 6.07) is 29.4. The van der Waals surface area contributed by atoms with Crippen LogP contribution in [-0.2, 0) is 20.9 Å². The van der Waals surface area contributed by atoms with E-state index in [-0.39, 0.29) is 63.0 Å². The molecule has 1 aliphatic heterocycles. The van der Waals surface area contributed by atoms with Crippen molar-refractivity contribution in [2.24, 2.45) is 22.9 Å². The first kappa shape index (κ1) is 44.6. The molecule has 11 heteroatoms. The molecule has 62 heavy (non-hydrogen) atoms. The molecule has 3 aliphatic rings. The van der Waals surface area contributed by atoms with Crippen LogP contribution >= 0.6 is 0 Å². The Morgan fingerprint density at radius 3 is 2.31 bits per heavy atom. The molecule has 1 saturated carbocycles. The fourth-order valence-corrected chi connectivity index (χ4v) is 9.63. The van der Waals surface area contributed by atoms with E-state index in [1.54, 1.807) is 30.0 Å². The zero-order chi connectivity index (χ0) is 43.5. The maximum atomic E-state index is 14.3. The van der Waals surface area contributed by atoms with Crippen LogP contribution < -0.4 is 9.47 Å². The molecule has 1 amide bonds. The molecule has 10 nitrogen and oxygen atoms in total. The summed E-state index contributed by atoms with van der Waals surface area (Å²) in [5.41, 5.74) is 5.44. The first-order valence-electron chi connectivity index (χ1n) is 22.1. The van der Waals surface area contributed by atoms with E-state index < -0.39 is 23.8 Å². The lowest BCUT2D eigenvalue weighted by molar-refractivity contribution is -0.256. The fourth-order valence-electron chi connectivity index (χ4n) is 9.63. The lowest BCUT2D eigenvalue weighted by Crippen LogP contribution is -2.70. The predicted molar refractivity (Wildman–Crippen MR) is 238 cm³/mol. The van der Waals surface area contributed by atoms with Crippen molar-refractivity contribution in [3.05, 3.63) is 138 Å². The quantitative estimate of drug-likeness (QED) is 0.0513. The van der Waals surface area contributed by atoms with Gasteiger partial charge in [0, 0.05) is 37.7 Å². The van der Waals surface area contributed by atoms with Gasteiger partial charge in [0.1, 0.15) is 35.7 Å². The maximum absolute atomic E-state index is 14.3. The molecule has 328 valence electrons. The number of ether oxygens (including phenoxy) is 4. The van der Waals surface area contributed by atoms with Crippen LogP contribution in [0.3, 0.4) is 0 Å². The summed E-state index contributed by atoms with van der Waals surface area (Å²) in [4.78, 5) is 21.8. The molecule has 4 aromatic carbocycles. The average Bonchev–Trinajstić information content (AvgIpc) is 3.29. The standard InChI is InChI=1S/C51H59FN2O8/c1-4-30-59-51-47(54(50(57)58-5-2)34-35-18-22-39(52)23-19-35)33-45(53-60-6-3)43-31-38(16-10-12-28-55)42(17-11-13-29-56)48(49(43)51)44-32-41(26-27-46(44)62-51)61-40-24-20-37(21-25-40)36-14-8-7-9-15-36/h4,7-9,14-15,18-27,31-32,38,42,47-49,55-56H,1,5-6,10-13,16-17,28-30,33-34H2,2-3H3/t38-,42+,47-,48+,49+,51+/m0/s1. The van der Waals surface area contributed by atoms with Gasteiger partial charge in [0.15, 0.2) is 0 Å². The fraction of sp³-hybridized carbons (Fsp3) is 0.412. The van der Waals surface area contributed by atoms with Gasteiger partial charge in [-0.25, -0.2) is 9.18 Å². The molecular formula is C51H59FN2O8. The third-order valence-electron chi connectivity index (χ3n) is 12.3. The van der Waals surface area contributed by atoms with Crippen LogP contribution in [0.25, 0.3) is 11.1 Å². The highest BCUT2D eigenvalue weighted by Gasteiger charge is 2.65. The van der Waals surface area contributed by atoms with Crippen LogP contribution in [0.2, 0.25) is 0 Å². The number of unbranched alkanes of at least 4 members (excludes halogenated alkanes) is 2. The minimum atomic E-state index is -1.48. The second-order valence-electron chi connectivity index (χ2n) is 16.1. The Balaban J connectivity index is 1.41.